The highest BCUT2D eigenvalue weighted by molar-refractivity contribution is 5.44. The maximum Gasteiger partial charge on any atom is 0.116 e. The van der Waals surface area contributed by atoms with Crippen molar-refractivity contribution in [1.82, 2.24) is 0 Å². The van der Waals surface area contributed by atoms with Crippen LogP contribution in [0.5, 0.6) is 0 Å². The van der Waals surface area contributed by atoms with Gasteiger partial charge in [0.25, 0.3) is 0 Å². The van der Waals surface area contributed by atoms with Gasteiger partial charge in [-0.05, 0) is 27.2 Å². The molecule has 0 heterocycles. The van der Waals surface area contributed by atoms with E-state index in [2.05, 4.69) is 0 Å². The lowest BCUT2D eigenvalue weighted by molar-refractivity contribution is -0.106. The molecule has 0 fully saturated rings. The lowest BCUT2D eigenvalue weighted by atomic mass is 10.3. The van der Waals surface area contributed by atoms with Crippen molar-refractivity contribution in [2.45, 2.75) is 40.2 Å². The minimum absolute atomic E-state index is 0.116. The summed E-state index contributed by atoms with van der Waals surface area (Å²) in [6.45, 7) is 7.10. The summed E-state index contributed by atoms with van der Waals surface area (Å²) < 4.78 is 0. The molecular formula is C8H20O3. The quantitative estimate of drug-likeness (QED) is 0.568. The first-order chi connectivity index (χ1) is 5.10. The van der Waals surface area contributed by atoms with E-state index in [-0.39, 0.29) is 12.7 Å². The Morgan fingerprint density at radius 3 is 1.55 bits per heavy atom. The van der Waals surface area contributed by atoms with Crippen molar-refractivity contribution < 1.29 is 15.0 Å². The average molecular weight is 164 g/mol. The standard InChI is InChI=1S/C4H10O.C2H6O.C2H4O/c1-3-4(2)5;2*1-2-3/h4-5H,3H2,1-2H3;3H,2H2,1H3;2H,1H3. The Morgan fingerprint density at radius 2 is 1.55 bits per heavy atom. The Morgan fingerprint density at radius 1 is 1.45 bits per heavy atom. The SMILES string of the molecule is CC=O.CCC(C)O.CCO. The van der Waals surface area contributed by atoms with Gasteiger partial charge >= 0.3 is 0 Å². The molecule has 0 aromatic rings. The molecule has 1 atom stereocenters. The van der Waals surface area contributed by atoms with Crippen LogP contribution in [0.1, 0.15) is 34.1 Å². The van der Waals surface area contributed by atoms with E-state index in [1.807, 2.05) is 6.92 Å². The molecular weight excluding hydrogens is 144 g/mol. The predicted molar refractivity (Wildman–Crippen MR) is 46.5 cm³/mol. The average Bonchev–Trinajstić information content (AvgIpc) is 1.91. The third-order valence-electron chi connectivity index (χ3n) is 0.591. The number of rotatable bonds is 1. The molecule has 0 saturated heterocycles. The Labute approximate surface area is 69.1 Å². The van der Waals surface area contributed by atoms with Gasteiger partial charge in [-0.25, -0.2) is 0 Å². The highest BCUT2D eigenvalue weighted by atomic mass is 16.3. The summed E-state index contributed by atoms with van der Waals surface area (Å²) in [7, 11) is 0. The number of carbonyl (C=O) groups excluding carboxylic acids is 1. The molecule has 0 rings (SSSR count). The van der Waals surface area contributed by atoms with Gasteiger partial charge in [0.05, 0.1) is 6.10 Å². The highest BCUT2D eigenvalue weighted by Crippen LogP contribution is 1.81. The van der Waals surface area contributed by atoms with E-state index in [9.17, 15) is 0 Å². The topological polar surface area (TPSA) is 57.5 Å². The summed E-state index contributed by atoms with van der Waals surface area (Å²) in [5.41, 5.74) is 0. The van der Waals surface area contributed by atoms with Gasteiger partial charge in [-0.2, -0.15) is 0 Å². The van der Waals surface area contributed by atoms with Crippen LogP contribution in [-0.4, -0.2) is 29.2 Å². The summed E-state index contributed by atoms with van der Waals surface area (Å²) in [4.78, 5) is 8.81. The maximum atomic E-state index is 8.81. The molecule has 70 valence electrons. The molecule has 0 radical (unpaired) electrons. The second-order valence-electron chi connectivity index (χ2n) is 1.81. The summed E-state index contributed by atoms with van der Waals surface area (Å²) in [5.74, 6) is 0. The van der Waals surface area contributed by atoms with Crippen LogP contribution in [-0.2, 0) is 4.79 Å². The maximum absolute atomic E-state index is 8.81. The Bertz CT molecular complexity index is 53.3. The second kappa shape index (κ2) is 22.6. The molecule has 0 bridgehead atoms. The van der Waals surface area contributed by atoms with E-state index in [4.69, 9.17) is 15.0 Å². The Kier molecular flexibility index (Phi) is 34.8. The van der Waals surface area contributed by atoms with Gasteiger partial charge in [0.2, 0.25) is 0 Å². The summed E-state index contributed by atoms with van der Waals surface area (Å²) >= 11 is 0. The molecule has 0 aliphatic heterocycles. The zero-order valence-electron chi connectivity index (χ0n) is 7.87. The zero-order valence-corrected chi connectivity index (χ0v) is 7.87. The smallest absolute Gasteiger partial charge is 0.116 e. The molecule has 0 aliphatic rings. The van der Waals surface area contributed by atoms with Crippen LogP contribution in [0.3, 0.4) is 0 Å². The molecule has 0 amide bonds. The molecule has 1 unspecified atom stereocenters. The van der Waals surface area contributed by atoms with Crippen LogP contribution < -0.4 is 0 Å². The first-order valence-electron chi connectivity index (χ1n) is 3.79. The number of aliphatic hydroxyl groups excluding tert-OH is 2. The lowest BCUT2D eigenvalue weighted by Crippen LogP contribution is -1.93. The van der Waals surface area contributed by atoms with Gasteiger partial charge in [0.1, 0.15) is 6.29 Å². The minimum Gasteiger partial charge on any atom is -0.397 e. The second-order valence-corrected chi connectivity index (χ2v) is 1.81. The molecule has 0 aromatic heterocycles. The van der Waals surface area contributed by atoms with E-state index in [0.717, 1.165) is 12.7 Å². The number of carbonyl (C=O) groups is 1. The number of hydrogen-bond acceptors (Lipinski definition) is 3. The number of aliphatic hydroxyl groups is 2. The van der Waals surface area contributed by atoms with E-state index >= 15 is 0 Å². The number of hydrogen-bond donors (Lipinski definition) is 2. The van der Waals surface area contributed by atoms with Crippen molar-refractivity contribution in [1.29, 1.82) is 0 Å². The fourth-order valence-corrected chi connectivity index (χ4v) is 0. The monoisotopic (exact) mass is 164 g/mol. The normalized spacial score (nSPS) is 9.64. The van der Waals surface area contributed by atoms with E-state index in [1.165, 1.54) is 6.92 Å². The van der Waals surface area contributed by atoms with Gasteiger partial charge in [-0.15, -0.1) is 0 Å². The molecule has 2 N–H and O–H groups in total. The van der Waals surface area contributed by atoms with Crippen molar-refractivity contribution in [2.24, 2.45) is 0 Å². The molecule has 0 spiro atoms. The fourth-order valence-electron chi connectivity index (χ4n) is 0. The third-order valence-corrected chi connectivity index (χ3v) is 0.591. The number of aldehydes is 1. The molecule has 11 heavy (non-hydrogen) atoms. The zero-order chi connectivity index (χ0) is 9.70. The van der Waals surface area contributed by atoms with Crippen molar-refractivity contribution in [2.75, 3.05) is 6.61 Å². The van der Waals surface area contributed by atoms with Crippen LogP contribution in [0.4, 0.5) is 0 Å². The first-order valence-corrected chi connectivity index (χ1v) is 3.79. The van der Waals surface area contributed by atoms with Gasteiger partial charge in [0.15, 0.2) is 0 Å². The van der Waals surface area contributed by atoms with Crippen molar-refractivity contribution >= 4 is 6.29 Å². The van der Waals surface area contributed by atoms with Crippen LogP contribution in [0, 0.1) is 0 Å². The third kappa shape index (κ3) is 219. The van der Waals surface area contributed by atoms with Crippen LogP contribution >= 0.6 is 0 Å². The predicted octanol–water partition coefficient (Wildman–Crippen LogP) is 0.981. The van der Waals surface area contributed by atoms with E-state index in [1.54, 1.807) is 13.8 Å². The van der Waals surface area contributed by atoms with Crippen molar-refractivity contribution in [3.8, 4) is 0 Å². The fraction of sp³-hybridized carbons (Fsp3) is 0.875. The van der Waals surface area contributed by atoms with Crippen LogP contribution in [0.25, 0.3) is 0 Å². The van der Waals surface area contributed by atoms with Crippen molar-refractivity contribution in [3.63, 3.8) is 0 Å². The summed E-state index contributed by atoms with van der Waals surface area (Å²) in [6.07, 6.45) is 1.50. The Balaban J connectivity index is -0.0000000933. The first kappa shape index (κ1) is 16.9. The largest absolute Gasteiger partial charge is 0.397 e. The molecule has 3 nitrogen and oxygen atoms in total. The van der Waals surface area contributed by atoms with Gasteiger partial charge < -0.3 is 15.0 Å². The molecule has 0 aromatic carbocycles. The molecule has 0 aliphatic carbocycles. The van der Waals surface area contributed by atoms with Gasteiger partial charge in [0, 0.05) is 6.61 Å². The lowest BCUT2D eigenvalue weighted by Gasteiger charge is -1.90. The van der Waals surface area contributed by atoms with Gasteiger partial charge in [-0.3, -0.25) is 0 Å². The highest BCUT2D eigenvalue weighted by Gasteiger charge is 1.81. The van der Waals surface area contributed by atoms with Crippen LogP contribution in [0.15, 0.2) is 0 Å². The van der Waals surface area contributed by atoms with E-state index in [0.29, 0.717) is 0 Å². The van der Waals surface area contributed by atoms with Crippen LogP contribution in [0.2, 0.25) is 0 Å². The van der Waals surface area contributed by atoms with E-state index < -0.39 is 0 Å². The van der Waals surface area contributed by atoms with Gasteiger partial charge in [-0.1, -0.05) is 6.92 Å². The molecule has 0 saturated carbocycles. The summed E-state index contributed by atoms with van der Waals surface area (Å²) in [5, 5.41) is 15.9. The van der Waals surface area contributed by atoms with Crippen molar-refractivity contribution in [3.05, 3.63) is 0 Å². The minimum atomic E-state index is -0.116. The summed E-state index contributed by atoms with van der Waals surface area (Å²) in [6, 6.07) is 0. The molecule has 3 heteroatoms. The Hall–Kier alpha value is -0.410.